The predicted octanol–water partition coefficient (Wildman–Crippen LogP) is 4.24. The van der Waals surface area contributed by atoms with Crippen LogP contribution in [-0.2, 0) is 0 Å². The lowest BCUT2D eigenvalue weighted by Gasteiger charge is -2.45. The van der Waals surface area contributed by atoms with E-state index in [1.807, 2.05) is 50.4 Å². The van der Waals surface area contributed by atoms with Gasteiger partial charge in [0.15, 0.2) is 0 Å². The molecule has 3 heterocycles. The van der Waals surface area contributed by atoms with Crippen LogP contribution in [0.25, 0.3) is 0 Å². The summed E-state index contributed by atoms with van der Waals surface area (Å²) in [5.74, 6) is 1.83. The van der Waals surface area contributed by atoms with Crippen LogP contribution in [0.1, 0.15) is 68.1 Å². The number of hydrogen-bond acceptors (Lipinski definition) is 5. The second-order valence-corrected chi connectivity index (χ2v) is 8.12. The highest BCUT2D eigenvalue weighted by molar-refractivity contribution is 5.92. The molecule has 2 aliphatic heterocycles. The van der Waals surface area contributed by atoms with E-state index < -0.39 is 0 Å². The summed E-state index contributed by atoms with van der Waals surface area (Å²) in [6.45, 7) is 7.25. The minimum absolute atomic E-state index is 0. The number of rotatable bonds is 5. The highest BCUT2D eigenvalue weighted by Crippen LogP contribution is 2.50. The highest BCUT2D eigenvalue weighted by atomic mass is 16.5. The molecule has 6 heteroatoms. The average molecular weight is 426 g/mol. The number of piperidine rings is 1. The van der Waals surface area contributed by atoms with Gasteiger partial charge in [-0.2, -0.15) is 0 Å². The molecule has 0 aliphatic carbocycles. The molecule has 0 bridgehead atoms. The largest absolute Gasteiger partial charge is 0.496 e. The Morgan fingerprint density at radius 3 is 2.58 bits per heavy atom. The Bertz CT molecular complexity index is 887. The number of amides is 1. The summed E-state index contributed by atoms with van der Waals surface area (Å²) in [4.78, 5) is 19.0. The van der Waals surface area contributed by atoms with Crippen LogP contribution in [0, 0.1) is 0 Å². The molecule has 1 spiro atoms. The molecule has 1 amide bonds. The predicted molar refractivity (Wildman–Crippen MR) is 123 cm³/mol. The summed E-state index contributed by atoms with van der Waals surface area (Å²) >= 11 is 0. The molecule has 1 fully saturated rings. The van der Waals surface area contributed by atoms with Crippen LogP contribution in [0.5, 0.6) is 11.5 Å². The van der Waals surface area contributed by atoms with Crippen LogP contribution in [-0.4, -0.2) is 54.7 Å². The summed E-state index contributed by atoms with van der Waals surface area (Å²) in [5.41, 5.74) is 2.49. The summed E-state index contributed by atoms with van der Waals surface area (Å²) in [6, 6.07) is 9.92. The standard InChI is InChI=1S/C24H31N3O3.CH4/c1-4-27(5-2)23(28)19-10-9-17(16-26-19)18-15-24(11-13-25-14-12-24)30-21-8-6-7-20(29-3)22(18)21;/h6-10,16,18,25H,4-5,11-15H2,1-3H3;1H4. The van der Waals surface area contributed by atoms with Gasteiger partial charge in [0.1, 0.15) is 22.8 Å². The quantitative estimate of drug-likeness (QED) is 0.776. The van der Waals surface area contributed by atoms with Gasteiger partial charge in [0.05, 0.1) is 7.11 Å². The Morgan fingerprint density at radius 1 is 1.23 bits per heavy atom. The first-order valence-corrected chi connectivity index (χ1v) is 10.9. The van der Waals surface area contributed by atoms with Gasteiger partial charge in [-0.15, -0.1) is 0 Å². The van der Waals surface area contributed by atoms with Gasteiger partial charge in [0.2, 0.25) is 0 Å². The van der Waals surface area contributed by atoms with Gasteiger partial charge in [-0.1, -0.05) is 19.6 Å². The average Bonchev–Trinajstić information content (AvgIpc) is 2.79. The third kappa shape index (κ3) is 4.40. The van der Waals surface area contributed by atoms with Crippen molar-refractivity contribution in [2.75, 3.05) is 33.3 Å². The molecule has 1 aromatic carbocycles. The van der Waals surface area contributed by atoms with Gasteiger partial charge < -0.3 is 19.7 Å². The number of aromatic nitrogens is 1. The van der Waals surface area contributed by atoms with Crippen LogP contribution >= 0.6 is 0 Å². The Hall–Kier alpha value is -2.60. The molecular formula is C25H35N3O3. The van der Waals surface area contributed by atoms with Gasteiger partial charge >= 0.3 is 0 Å². The van der Waals surface area contributed by atoms with E-state index in [1.54, 1.807) is 12.0 Å². The fourth-order valence-electron chi connectivity index (χ4n) is 4.77. The number of nitrogens with one attached hydrogen (secondary N) is 1. The van der Waals surface area contributed by atoms with Crippen LogP contribution in [0.4, 0.5) is 0 Å². The molecule has 1 unspecified atom stereocenters. The number of carbonyl (C=O) groups is 1. The molecule has 0 saturated carbocycles. The molecule has 4 rings (SSSR count). The molecule has 31 heavy (non-hydrogen) atoms. The zero-order chi connectivity index (χ0) is 21.1. The number of hydrogen-bond donors (Lipinski definition) is 1. The zero-order valence-corrected chi connectivity index (χ0v) is 18.1. The van der Waals surface area contributed by atoms with Crippen molar-refractivity contribution in [1.29, 1.82) is 0 Å². The Labute approximate surface area is 186 Å². The first-order chi connectivity index (χ1) is 14.6. The van der Waals surface area contributed by atoms with Gasteiger partial charge in [0.25, 0.3) is 5.91 Å². The third-order valence-corrected chi connectivity index (χ3v) is 6.47. The van der Waals surface area contributed by atoms with E-state index >= 15 is 0 Å². The number of ether oxygens (including phenoxy) is 2. The van der Waals surface area contributed by atoms with Gasteiger partial charge in [0, 0.05) is 30.8 Å². The molecule has 1 N–H and O–H groups in total. The van der Waals surface area contributed by atoms with Crippen molar-refractivity contribution in [3.63, 3.8) is 0 Å². The molecule has 6 nitrogen and oxygen atoms in total. The molecule has 1 saturated heterocycles. The Kier molecular flexibility index (Phi) is 7.21. The normalized spacial score (nSPS) is 19.0. The van der Waals surface area contributed by atoms with E-state index in [4.69, 9.17) is 9.47 Å². The molecule has 2 aromatic rings. The number of benzene rings is 1. The molecule has 2 aliphatic rings. The number of carbonyl (C=O) groups excluding carboxylic acids is 1. The minimum Gasteiger partial charge on any atom is -0.496 e. The number of pyridine rings is 1. The van der Waals surface area contributed by atoms with E-state index in [9.17, 15) is 4.79 Å². The maximum atomic E-state index is 12.7. The second-order valence-electron chi connectivity index (χ2n) is 8.12. The SMILES string of the molecule is C.CCN(CC)C(=O)c1ccc(C2CC3(CCNCC3)Oc3cccc(OC)c32)cn1. The van der Waals surface area contributed by atoms with E-state index in [1.165, 1.54) is 0 Å². The lowest BCUT2D eigenvalue weighted by Crippen LogP contribution is -2.49. The van der Waals surface area contributed by atoms with Crippen LogP contribution in [0.3, 0.4) is 0 Å². The number of nitrogens with zero attached hydrogens (tertiary/aromatic N) is 2. The van der Waals surface area contributed by atoms with Crippen molar-refractivity contribution < 1.29 is 14.3 Å². The van der Waals surface area contributed by atoms with Crippen molar-refractivity contribution >= 4 is 5.91 Å². The smallest absolute Gasteiger partial charge is 0.272 e. The first kappa shape index (κ1) is 23.1. The fourth-order valence-corrected chi connectivity index (χ4v) is 4.77. The number of fused-ring (bicyclic) bond motifs is 1. The lowest BCUT2D eigenvalue weighted by atomic mass is 9.75. The van der Waals surface area contributed by atoms with Crippen LogP contribution < -0.4 is 14.8 Å². The van der Waals surface area contributed by atoms with Gasteiger partial charge in [-0.3, -0.25) is 9.78 Å². The molecular weight excluding hydrogens is 390 g/mol. The maximum Gasteiger partial charge on any atom is 0.272 e. The van der Waals surface area contributed by atoms with Crippen LogP contribution in [0.2, 0.25) is 0 Å². The summed E-state index contributed by atoms with van der Waals surface area (Å²) in [7, 11) is 1.70. The monoisotopic (exact) mass is 425 g/mol. The molecule has 0 radical (unpaired) electrons. The highest BCUT2D eigenvalue weighted by Gasteiger charge is 2.43. The van der Waals surface area contributed by atoms with E-state index in [2.05, 4.69) is 10.3 Å². The second kappa shape index (κ2) is 9.69. The van der Waals surface area contributed by atoms with Crippen molar-refractivity contribution in [2.45, 2.75) is 52.1 Å². The van der Waals surface area contributed by atoms with Gasteiger partial charge in [-0.25, -0.2) is 0 Å². The summed E-state index contributed by atoms with van der Waals surface area (Å²) < 4.78 is 12.3. The maximum absolute atomic E-state index is 12.7. The van der Waals surface area contributed by atoms with E-state index in [-0.39, 0.29) is 24.9 Å². The number of methoxy groups -OCH3 is 1. The molecule has 168 valence electrons. The van der Waals surface area contributed by atoms with Crippen molar-refractivity contribution in [3.05, 3.63) is 53.3 Å². The lowest BCUT2D eigenvalue weighted by molar-refractivity contribution is 0.0107. The molecule has 1 aromatic heterocycles. The topological polar surface area (TPSA) is 63.7 Å². The first-order valence-electron chi connectivity index (χ1n) is 10.9. The summed E-state index contributed by atoms with van der Waals surface area (Å²) in [6.07, 6.45) is 4.70. The Morgan fingerprint density at radius 2 is 1.97 bits per heavy atom. The fraction of sp³-hybridized carbons (Fsp3) is 0.520. The minimum atomic E-state index is -0.176. The summed E-state index contributed by atoms with van der Waals surface area (Å²) in [5, 5.41) is 3.44. The van der Waals surface area contributed by atoms with Gasteiger partial charge in [-0.05, 0) is 70.0 Å². The zero-order valence-electron chi connectivity index (χ0n) is 18.1. The van der Waals surface area contributed by atoms with Crippen LogP contribution in [0.15, 0.2) is 36.5 Å². The Balaban J connectivity index is 0.00000272. The molecule has 1 atom stereocenters. The van der Waals surface area contributed by atoms with E-state index in [0.29, 0.717) is 18.8 Å². The van der Waals surface area contributed by atoms with Crippen molar-refractivity contribution in [1.82, 2.24) is 15.2 Å². The van der Waals surface area contributed by atoms with Crippen molar-refractivity contribution in [2.24, 2.45) is 0 Å². The van der Waals surface area contributed by atoms with E-state index in [0.717, 1.165) is 55.0 Å². The third-order valence-electron chi connectivity index (χ3n) is 6.47. The van der Waals surface area contributed by atoms with Crippen molar-refractivity contribution in [3.8, 4) is 11.5 Å².